The van der Waals surface area contributed by atoms with Crippen molar-refractivity contribution < 1.29 is 18.8 Å². The van der Waals surface area contributed by atoms with E-state index in [0.717, 1.165) is 28.9 Å². The van der Waals surface area contributed by atoms with Crippen LogP contribution in [0.15, 0.2) is 64.4 Å². The van der Waals surface area contributed by atoms with Crippen LogP contribution in [0.25, 0.3) is 11.3 Å². The van der Waals surface area contributed by atoms with E-state index in [9.17, 15) is 9.59 Å². The number of carbonyl (C=O) groups is 2. The first-order valence-electron chi connectivity index (χ1n) is 11.2. The first-order chi connectivity index (χ1) is 16.4. The summed E-state index contributed by atoms with van der Waals surface area (Å²) in [7, 11) is 1.68. The van der Waals surface area contributed by atoms with E-state index in [1.54, 1.807) is 26.1 Å². The summed E-state index contributed by atoms with van der Waals surface area (Å²) in [4.78, 5) is 26.1. The number of ether oxygens (including phenoxy) is 1. The van der Waals surface area contributed by atoms with Crippen LogP contribution in [-0.4, -0.2) is 30.1 Å². The van der Waals surface area contributed by atoms with Gasteiger partial charge in [-0.1, -0.05) is 23.4 Å². The van der Waals surface area contributed by atoms with Crippen LogP contribution in [0.2, 0.25) is 0 Å². The van der Waals surface area contributed by atoms with Gasteiger partial charge in [-0.2, -0.15) is 0 Å². The number of para-hydroxylation sites is 1. The van der Waals surface area contributed by atoms with Gasteiger partial charge in [0.05, 0.1) is 6.10 Å². The lowest BCUT2D eigenvalue weighted by Crippen LogP contribution is -2.34. The van der Waals surface area contributed by atoms with Crippen molar-refractivity contribution in [1.82, 2.24) is 15.8 Å². The lowest BCUT2D eigenvalue weighted by Gasteiger charge is -2.18. The van der Waals surface area contributed by atoms with E-state index in [4.69, 9.17) is 9.26 Å². The monoisotopic (exact) mass is 460 g/mol. The minimum atomic E-state index is -0.499. The molecule has 0 unspecified atom stereocenters. The summed E-state index contributed by atoms with van der Waals surface area (Å²) in [6.07, 6.45) is 1.41. The van der Waals surface area contributed by atoms with Crippen molar-refractivity contribution in [3.63, 3.8) is 0 Å². The summed E-state index contributed by atoms with van der Waals surface area (Å²) in [6.45, 7) is 5.68. The second kappa shape index (κ2) is 9.82. The third kappa shape index (κ3) is 4.80. The molecule has 0 fully saturated rings. The SMILES string of the molecule is CN/C(C)=C(/NC(=O)c1noc2c1CCc1cc(OC(C)C)ccc1-2)C(=O)Nc1ccccc1. The number of anilines is 1. The topological polar surface area (TPSA) is 105 Å². The lowest BCUT2D eigenvalue weighted by atomic mass is 9.89. The number of fused-ring (bicyclic) bond motifs is 3. The quantitative estimate of drug-likeness (QED) is 0.460. The van der Waals surface area contributed by atoms with Crippen LogP contribution in [0.5, 0.6) is 5.75 Å². The Morgan fingerprint density at radius 3 is 2.56 bits per heavy atom. The summed E-state index contributed by atoms with van der Waals surface area (Å²) in [5.41, 5.74) is 4.14. The molecule has 1 aliphatic rings. The maximum atomic E-state index is 13.2. The number of hydrogen-bond acceptors (Lipinski definition) is 6. The molecule has 0 atom stereocenters. The molecule has 3 N–H and O–H groups in total. The van der Waals surface area contributed by atoms with Crippen LogP contribution in [-0.2, 0) is 17.6 Å². The summed E-state index contributed by atoms with van der Waals surface area (Å²) in [6, 6.07) is 14.9. The van der Waals surface area contributed by atoms with Crippen molar-refractivity contribution in [3.05, 3.63) is 76.7 Å². The second-order valence-electron chi connectivity index (χ2n) is 8.35. The molecule has 0 spiro atoms. The van der Waals surface area contributed by atoms with Crippen LogP contribution in [0, 0.1) is 0 Å². The Kier molecular flexibility index (Phi) is 6.67. The van der Waals surface area contributed by atoms with Crippen molar-refractivity contribution in [3.8, 4) is 17.1 Å². The molecule has 4 rings (SSSR count). The largest absolute Gasteiger partial charge is 0.491 e. The highest BCUT2D eigenvalue weighted by atomic mass is 16.5. The van der Waals surface area contributed by atoms with E-state index in [1.165, 1.54) is 0 Å². The Labute approximate surface area is 198 Å². The predicted octanol–water partition coefficient (Wildman–Crippen LogP) is 4.05. The highest BCUT2D eigenvalue weighted by Gasteiger charge is 2.29. The standard InChI is InChI=1S/C26H28N4O4/c1-15(2)33-19-11-13-20-17(14-19)10-12-21-23(30-34-24(20)21)26(32)29-22(16(3)27-4)25(31)28-18-8-6-5-7-9-18/h5-9,11,13-15,27H,10,12H2,1-4H3,(H,28,31)(H,29,32)/b22-16+. The van der Waals surface area contributed by atoms with E-state index >= 15 is 0 Å². The van der Waals surface area contributed by atoms with Crippen molar-refractivity contribution in [2.24, 2.45) is 0 Å². The second-order valence-corrected chi connectivity index (χ2v) is 8.35. The Morgan fingerprint density at radius 1 is 1.09 bits per heavy atom. The summed E-state index contributed by atoms with van der Waals surface area (Å²) >= 11 is 0. The molecular weight excluding hydrogens is 432 g/mol. The fourth-order valence-electron chi connectivity index (χ4n) is 3.87. The van der Waals surface area contributed by atoms with Gasteiger partial charge in [0.1, 0.15) is 11.4 Å². The number of hydrogen-bond donors (Lipinski definition) is 3. The molecule has 3 aromatic rings. The highest BCUT2D eigenvalue weighted by molar-refractivity contribution is 6.08. The molecule has 8 nitrogen and oxygen atoms in total. The zero-order valence-corrected chi connectivity index (χ0v) is 19.7. The summed E-state index contributed by atoms with van der Waals surface area (Å²) in [5.74, 6) is 0.441. The normalized spacial score (nSPS) is 12.9. The molecule has 176 valence electrons. The lowest BCUT2D eigenvalue weighted by molar-refractivity contribution is -0.113. The number of benzene rings is 2. The van der Waals surface area contributed by atoms with E-state index < -0.39 is 11.8 Å². The molecule has 0 bridgehead atoms. The van der Waals surface area contributed by atoms with E-state index in [1.807, 2.05) is 50.2 Å². The van der Waals surface area contributed by atoms with Crippen LogP contribution >= 0.6 is 0 Å². The molecule has 2 amide bonds. The number of nitrogens with one attached hydrogen (secondary N) is 3. The van der Waals surface area contributed by atoms with Crippen molar-refractivity contribution in [2.75, 3.05) is 12.4 Å². The molecule has 0 aliphatic heterocycles. The fraction of sp³-hybridized carbons (Fsp3) is 0.269. The average molecular weight is 461 g/mol. The van der Waals surface area contributed by atoms with Crippen molar-refractivity contribution in [1.29, 1.82) is 0 Å². The molecule has 34 heavy (non-hydrogen) atoms. The average Bonchev–Trinajstić information content (AvgIpc) is 3.26. The fourth-order valence-corrected chi connectivity index (χ4v) is 3.87. The molecular formula is C26H28N4O4. The van der Waals surface area contributed by atoms with Crippen LogP contribution < -0.4 is 20.7 Å². The van der Waals surface area contributed by atoms with E-state index in [-0.39, 0.29) is 17.5 Å². The van der Waals surface area contributed by atoms with Gasteiger partial charge in [-0.05, 0) is 69.5 Å². The molecule has 1 aliphatic carbocycles. The van der Waals surface area contributed by atoms with Crippen LogP contribution in [0.3, 0.4) is 0 Å². The maximum Gasteiger partial charge on any atom is 0.278 e. The number of nitrogens with zero attached hydrogens (tertiary/aromatic N) is 1. The maximum absolute atomic E-state index is 13.2. The van der Waals surface area contributed by atoms with Gasteiger partial charge in [0.25, 0.3) is 11.8 Å². The molecule has 1 aromatic heterocycles. The first-order valence-corrected chi connectivity index (χ1v) is 11.2. The molecule has 8 heteroatoms. The Hall–Kier alpha value is -4.07. The van der Waals surface area contributed by atoms with Crippen molar-refractivity contribution >= 4 is 17.5 Å². The number of amides is 2. The summed E-state index contributed by atoms with van der Waals surface area (Å²) in [5, 5.41) is 12.5. The van der Waals surface area contributed by atoms with Crippen LogP contribution in [0.4, 0.5) is 5.69 Å². The third-order valence-electron chi connectivity index (χ3n) is 5.59. The Morgan fingerprint density at radius 2 is 1.85 bits per heavy atom. The van der Waals surface area contributed by atoms with Crippen molar-refractivity contribution in [2.45, 2.75) is 39.7 Å². The van der Waals surface area contributed by atoms with Crippen LogP contribution in [0.1, 0.15) is 42.4 Å². The van der Waals surface area contributed by atoms with Gasteiger partial charge < -0.3 is 25.2 Å². The zero-order valence-electron chi connectivity index (χ0n) is 19.7. The summed E-state index contributed by atoms with van der Waals surface area (Å²) < 4.78 is 11.4. The van der Waals surface area contributed by atoms with Gasteiger partial charge in [-0.25, -0.2) is 0 Å². The van der Waals surface area contributed by atoms with Gasteiger partial charge in [-0.15, -0.1) is 0 Å². The van der Waals surface area contributed by atoms with Gasteiger partial charge in [0.2, 0.25) is 0 Å². The number of allylic oxidation sites excluding steroid dienone is 1. The molecule has 1 heterocycles. The van der Waals surface area contributed by atoms with Gasteiger partial charge in [0, 0.05) is 29.6 Å². The number of rotatable bonds is 7. The number of aromatic nitrogens is 1. The third-order valence-corrected chi connectivity index (χ3v) is 5.59. The van der Waals surface area contributed by atoms with Gasteiger partial charge >= 0.3 is 0 Å². The van der Waals surface area contributed by atoms with E-state index in [0.29, 0.717) is 23.6 Å². The molecule has 0 radical (unpaired) electrons. The molecule has 2 aromatic carbocycles. The number of aryl methyl sites for hydroxylation is 1. The minimum Gasteiger partial charge on any atom is -0.491 e. The first kappa shape index (κ1) is 23.1. The van der Waals surface area contributed by atoms with Gasteiger partial charge in [-0.3, -0.25) is 9.59 Å². The van der Waals surface area contributed by atoms with E-state index in [2.05, 4.69) is 21.1 Å². The molecule has 0 saturated heterocycles. The zero-order chi connectivity index (χ0) is 24.2. The minimum absolute atomic E-state index is 0.0835. The Balaban J connectivity index is 1.57. The predicted molar refractivity (Wildman–Crippen MR) is 129 cm³/mol. The molecule has 0 saturated carbocycles. The highest BCUT2D eigenvalue weighted by Crippen LogP contribution is 2.37. The smallest absolute Gasteiger partial charge is 0.278 e. The van der Waals surface area contributed by atoms with Gasteiger partial charge in [0.15, 0.2) is 11.5 Å². The number of carbonyl (C=O) groups excluding carboxylic acids is 2. The Bertz CT molecular complexity index is 1240.